The van der Waals surface area contributed by atoms with Gasteiger partial charge in [-0.25, -0.2) is 14.6 Å². The van der Waals surface area contributed by atoms with E-state index in [1.54, 1.807) is 37.4 Å². The van der Waals surface area contributed by atoms with Gasteiger partial charge in [-0.15, -0.1) is 0 Å². The van der Waals surface area contributed by atoms with Crippen LogP contribution in [-0.4, -0.2) is 46.0 Å². The van der Waals surface area contributed by atoms with Gasteiger partial charge in [0.05, 0.1) is 23.4 Å². The smallest absolute Gasteiger partial charge is 0.416 e. The summed E-state index contributed by atoms with van der Waals surface area (Å²) in [5.41, 5.74) is 1.55. The number of benzene rings is 1. The molecule has 0 saturated carbocycles. The first-order valence-electron chi connectivity index (χ1n) is 10.3. The summed E-state index contributed by atoms with van der Waals surface area (Å²) in [4.78, 5) is 30.6. The van der Waals surface area contributed by atoms with Gasteiger partial charge in [0, 0.05) is 18.1 Å². The monoisotopic (exact) mass is 424 g/mol. The molecule has 1 aromatic carbocycles. The average Bonchev–Trinajstić information content (AvgIpc) is 3.13. The molecule has 8 heteroatoms. The number of carbonyl (C=O) groups is 2. The van der Waals surface area contributed by atoms with Crippen LogP contribution in [0.4, 0.5) is 10.6 Å². The molecular formula is C23H28N4O4. The molecule has 0 aliphatic carbocycles. The molecule has 0 saturated heterocycles. The summed E-state index contributed by atoms with van der Waals surface area (Å²) >= 11 is 0. The summed E-state index contributed by atoms with van der Waals surface area (Å²) < 4.78 is 10.6. The molecule has 0 atom stereocenters. The fraction of sp³-hybridized carbons (Fsp3) is 0.391. The maximum atomic E-state index is 12.7. The lowest BCUT2D eigenvalue weighted by atomic mass is 10.1. The van der Waals surface area contributed by atoms with Crippen LogP contribution in [-0.2, 0) is 15.9 Å². The Labute approximate surface area is 181 Å². The predicted octanol–water partition coefficient (Wildman–Crippen LogP) is 4.51. The van der Waals surface area contributed by atoms with E-state index in [-0.39, 0.29) is 5.97 Å². The van der Waals surface area contributed by atoms with Gasteiger partial charge in [-0.05, 0) is 70.9 Å². The largest absolute Gasteiger partial charge is 0.462 e. The van der Waals surface area contributed by atoms with E-state index in [1.165, 1.54) is 4.90 Å². The number of rotatable bonds is 7. The number of hydrogen-bond acceptors (Lipinski definition) is 6. The molecule has 3 aromatic rings. The Morgan fingerprint density at radius 1 is 1.16 bits per heavy atom. The molecule has 0 radical (unpaired) electrons. The second-order valence-electron chi connectivity index (χ2n) is 8.07. The van der Waals surface area contributed by atoms with Crippen molar-refractivity contribution in [1.82, 2.24) is 15.2 Å². The van der Waals surface area contributed by atoms with Gasteiger partial charge in [0.25, 0.3) is 0 Å². The van der Waals surface area contributed by atoms with Crippen LogP contribution in [0.15, 0.2) is 42.6 Å². The molecule has 0 unspecified atom stereocenters. The number of esters is 1. The number of nitrogens with one attached hydrogen (secondary N) is 1. The first-order chi connectivity index (χ1) is 14.8. The molecule has 0 spiro atoms. The minimum absolute atomic E-state index is 0.323. The summed E-state index contributed by atoms with van der Waals surface area (Å²) in [6.07, 6.45) is 2.45. The van der Waals surface area contributed by atoms with Crippen LogP contribution >= 0.6 is 0 Å². The van der Waals surface area contributed by atoms with Crippen LogP contribution in [0.25, 0.3) is 10.9 Å². The predicted molar refractivity (Wildman–Crippen MR) is 118 cm³/mol. The van der Waals surface area contributed by atoms with E-state index in [0.29, 0.717) is 37.4 Å². The number of anilines is 1. The van der Waals surface area contributed by atoms with E-state index in [9.17, 15) is 9.59 Å². The van der Waals surface area contributed by atoms with Crippen molar-refractivity contribution >= 4 is 28.8 Å². The van der Waals surface area contributed by atoms with Gasteiger partial charge >= 0.3 is 12.1 Å². The molecular weight excluding hydrogens is 396 g/mol. The molecule has 0 aliphatic heterocycles. The lowest BCUT2D eigenvalue weighted by molar-refractivity contribution is 0.0524. The first kappa shape index (κ1) is 22.3. The molecule has 164 valence electrons. The molecule has 2 heterocycles. The Kier molecular flexibility index (Phi) is 6.89. The van der Waals surface area contributed by atoms with Crippen molar-refractivity contribution in [3.05, 3.63) is 53.9 Å². The zero-order valence-electron chi connectivity index (χ0n) is 18.3. The van der Waals surface area contributed by atoms with E-state index in [1.807, 2.05) is 32.9 Å². The van der Waals surface area contributed by atoms with Crippen molar-refractivity contribution in [2.75, 3.05) is 18.1 Å². The highest BCUT2D eigenvalue weighted by molar-refractivity contribution is 5.95. The molecule has 1 amide bonds. The first-order valence-corrected chi connectivity index (χ1v) is 10.3. The average molecular weight is 425 g/mol. The number of H-pyrrole nitrogens is 1. The number of amides is 1. The summed E-state index contributed by atoms with van der Waals surface area (Å²) in [5.74, 6) is 0.177. The molecule has 3 rings (SSSR count). The van der Waals surface area contributed by atoms with Crippen molar-refractivity contribution in [1.29, 1.82) is 0 Å². The number of pyridine rings is 1. The van der Waals surface area contributed by atoms with Crippen molar-refractivity contribution in [2.24, 2.45) is 0 Å². The van der Waals surface area contributed by atoms with E-state index >= 15 is 0 Å². The summed E-state index contributed by atoms with van der Waals surface area (Å²) in [6, 6.07) is 10.7. The van der Waals surface area contributed by atoms with Crippen LogP contribution in [0.3, 0.4) is 0 Å². The molecule has 31 heavy (non-hydrogen) atoms. The standard InChI is InChI=1S/C23H28N4O4/c1-5-30-21(28)16-11-12-19-17(15-16)18(25-26-19)9-8-14-27(20-10-6-7-13-24-20)22(29)31-23(2,3)4/h6-7,10-13,15H,5,8-9,14H2,1-4H3,(H,25,26). The Balaban J connectivity index is 1.74. The van der Waals surface area contributed by atoms with Gasteiger partial charge in [-0.3, -0.25) is 10.00 Å². The highest BCUT2D eigenvalue weighted by Gasteiger charge is 2.24. The van der Waals surface area contributed by atoms with E-state index in [4.69, 9.17) is 9.47 Å². The minimum Gasteiger partial charge on any atom is -0.462 e. The number of hydrogen-bond donors (Lipinski definition) is 1. The number of aromatic nitrogens is 3. The van der Waals surface area contributed by atoms with Gasteiger partial charge in [0.15, 0.2) is 0 Å². The molecule has 1 N–H and O–H groups in total. The van der Waals surface area contributed by atoms with E-state index in [2.05, 4.69) is 15.2 Å². The van der Waals surface area contributed by atoms with Gasteiger partial charge < -0.3 is 9.47 Å². The Bertz CT molecular complexity index is 1040. The molecule has 2 aromatic heterocycles. The summed E-state index contributed by atoms with van der Waals surface area (Å²) in [5, 5.41) is 8.25. The minimum atomic E-state index is -0.605. The molecule has 8 nitrogen and oxygen atoms in total. The number of fused-ring (bicyclic) bond motifs is 1. The van der Waals surface area contributed by atoms with Crippen LogP contribution < -0.4 is 4.90 Å². The van der Waals surface area contributed by atoms with Gasteiger partial charge in [-0.1, -0.05) is 6.07 Å². The van der Waals surface area contributed by atoms with Gasteiger partial charge in [-0.2, -0.15) is 5.10 Å². The SMILES string of the molecule is CCOC(=O)c1ccc2[nH]nc(CCCN(C(=O)OC(C)(C)C)c3ccccn3)c2c1. The zero-order valence-corrected chi connectivity index (χ0v) is 18.3. The topological polar surface area (TPSA) is 97.4 Å². The summed E-state index contributed by atoms with van der Waals surface area (Å²) in [6.45, 7) is 8.01. The van der Waals surface area contributed by atoms with E-state index in [0.717, 1.165) is 16.6 Å². The zero-order chi connectivity index (χ0) is 22.4. The fourth-order valence-corrected chi connectivity index (χ4v) is 3.13. The third-order valence-corrected chi connectivity index (χ3v) is 4.49. The van der Waals surface area contributed by atoms with Crippen LogP contribution in [0.1, 0.15) is 50.2 Å². The summed E-state index contributed by atoms with van der Waals surface area (Å²) in [7, 11) is 0. The quantitative estimate of drug-likeness (QED) is 0.561. The Morgan fingerprint density at radius 3 is 2.65 bits per heavy atom. The second-order valence-corrected chi connectivity index (χ2v) is 8.07. The highest BCUT2D eigenvalue weighted by atomic mass is 16.6. The maximum absolute atomic E-state index is 12.7. The molecule has 0 fully saturated rings. The Hall–Kier alpha value is -3.42. The lowest BCUT2D eigenvalue weighted by Gasteiger charge is -2.26. The number of aromatic amines is 1. The highest BCUT2D eigenvalue weighted by Crippen LogP contribution is 2.21. The molecule has 0 bridgehead atoms. The van der Waals surface area contributed by atoms with E-state index < -0.39 is 11.7 Å². The Morgan fingerprint density at radius 2 is 1.97 bits per heavy atom. The maximum Gasteiger partial charge on any atom is 0.416 e. The number of nitrogens with zero attached hydrogens (tertiary/aromatic N) is 3. The molecule has 0 aliphatic rings. The number of carbonyl (C=O) groups excluding carboxylic acids is 2. The normalized spacial score (nSPS) is 11.4. The van der Waals surface area contributed by atoms with Crippen LogP contribution in [0.5, 0.6) is 0 Å². The van der Waals surface area contributed by atoms with Crippen molar-refractivity contribution in [3.8, 4) is 0 Å². The van der Waals surface area contributed by atoms with Gasteiger partial charge in [0.1, 0.15) is 11.4 Å². The van der Waals surface area contributed by atoms with Crippen molar-refractivity contribution in [3.63, 3.8) is 0 Å². The number of aryl methyl sites for hydroxylation is 1. The van der Waals surface area contributed by atoms with Crippen LogP contribution in [0.2, 0.25) is 0 Å². The van der Waals surface area contributed by atoms with Crippen molar-refractivity contribution < 1.29 is 19.1 Å². The van der Waals surface area contributed by atoms with Crippen molar-refractivity contribution in [2.45, 2.75) is 46.1 Å². The third kappa shape index (κ3) is 5.81. The fourth-order valence-electron chi connectivity index (χ4n) is 3.13. The second kappa shape index (κ2) is 9.59. The lowest BCUT2D eigenvalue weighted by Crippen LogP contribution is -2.38. The number of ether oxygens (including phenoxy) is 2. The van der Waals surface area contributed by atoms with Gasteiger partial charge in [0.2, 0.25) is 0 Å². The van der Waals surface area contributed by atoms with Crippen LogP contribution in [0, 0.1) is 0 Å². The third-order valence-electron chi connectivity index (χ3n) is 4.49.